The number of amides is 2. The molecular formula is C7H15N3OS. The molecule has 4 N–H and O–H groups in total. The quantitative estimate of drug-likeness (QED) is 0.562. The summed E-state index contributed by atoms with van der Waals surface area (Å²) in [6.07, 6.45) is 0. The number of nitrogens with one attached hydrogen (secondary N) is 2. The molecule has 0 aliphatic carbocycles. The molecule has 0 aliphatic heterocycles. The second-order valence-electron chi connectivity index (χ2n) is 2.90. The number of nitrogens with two attached hydrogens (primary N) is 1. The normalized spacial score (nSPS) is 12.3. The van der Waals surface area contributed by atoms with Crippen molar-refractivity contribution in [2.24, 2.45) is 5.73 Å². The molecule has 0 fully saturated rings. The average molecular weight is 189 g/mol. The predicted octanol–water partition coefficient (Wildman–Crippen LogP) is 0.369. The summed E-state index contributed by atoms with van der Waals surface area (Å²) in [5, 5.41) is 5.26. The molecule has 5 heteroatoms. The van der Waals surface area contributed by atoms with Crippen LogP contribution in [0.25, 0.3) is 0 Å². The minimum Gasteiger partial charge on any atom is -0.392 e. The molecule has 12 heavy (non-hydrogen) atoms. The second kappa shape index (κ2) is 4.92. The highest BCUT2D eigenvalue weighted by Crippen LogP contribution is 1.83. The molecule has 0 rings (SSSR count). The molecule has 1 unspecified atom stereocenters. The zero-order valence-electron chi connectivity index (χ0n) is 7.55. The molecule has 0 saturated heterocycles. The molecule has 1 atom stereocenters. The Labute approximate surface area is 77.9 Å². The summed E-state index contributed by atoms with van der Waals surface area (Å²) in [5.41, 5.74) is 5.30. The zero-order valence-corrected chi connectivity index (χ0v) is 8.37. The van der Waals surface area contributed by atoms with E-state index in [2.05, 4.69) is 22.9 Å². The first-order valence-corrected chi connectivity index (χ1v) is 4.20. The Morgan fingerprint density at radius 3 is 2.17 bits per heavy atom. The van der Waals surface area contributed by atoms with Crippen LogP contribution in [0.2, 0.25) is 0 Å². The summed E-state index contributed by atoms with van der Waals surface area (Å²) in [6, 6.07) is -0.396. The lowest BCUT2D eigenvalue weighted by Crippen LogP contribution is -2.47. The number of thiocarbonyl (C=S) groups is 1. The Kier molecular flexibility index (Phi) is 4.58. The Hall–Kier alpha value is -0.840. The highest BCUT2D eigenvalue weighted by Gasteiger charge is 2.08. The van der Waals surface area contributed by atoms with E-state index in [1.807, 2.05) is 13.8 Å². The highest BCUT2D eigenvalue weighted by atomic mass is 32.1. The van der Waals surface area contributed by atoms with Crippen molar-refractivity contribution in [3.8, 4) is 0 Å². The molecular weight excluding hydrogens is 174 g/mol. The van der Waals surface area contributed by atoms with Crippen LogP contribution in [-0.4, -0.2) is 23.1 Å². The van der Waals surface area contributed by atoms with Gasteiger partial charge in [-0.2, -0.15) is 0 Å². The van der Waals surface area contributed by atoms with Crippen LogP contribution in [0.3, 0.4) is 0 Å². The van der Waals surface area contributed by atoms with E-state index in [4.69, 9.17) is 5.73 Å². The van der Waals surface area contributed by atoms with E-state index in [1.165, 1.54) is 0 Å². The smallest absolute Gasteiger partial charge is 0.315 e. The van der Waals surface area contributed by atoms with Crippen LogP contribution in [0.5, 0.6) is 0 Å². The van der Waals surface area contributed by atoms with Crippen LogP contribution < -0.4 is 16.4 Å². The average Bonchev–Trinajstić information content (AvgIpc) is 1.84. The third-order valence-corrected chi connectivity index (χ3v) is 1.55. The number of hydrogen-bond acceptors (Lipinski definition) is 2. The number of rotatable bonds is 3. The van der Waals surface area contributed by atoms with Gasteiger partial charge < -0.3 is 16.4 Å². The topological polar surface area (TPSA) is 67.2 Å². The van der Waals surface area contributed by atoms with Gasteiger partial charge in [0.15, 0.2) is 0 Å². The van der Waals surface area contributed by atoms with Gasteiger partial charge in [-0.1, -0.05) is 12.2 Å². The molecule has 4 nitrogen and oxygen atoms in total. The third-order valence-electron chi connectivity index (χ3n) is 1.19. The lowest BCUT2D eigenvalue weighted by atomic mass is 10.3. The van der Waals surface area contributed by atoms with Crippen LogP contribution in [0.15, 0.2) is 0 Å². The first kappa shape index (κ1) is 11.2. The van der Waals surface area contributed by atoms with Crippen molar-refractivity contribution < 1.29 is 4.79 Å². The van der Waals surface area contributed by atoms with Crippen molar-refractivity contribution in [2.75, 3.05) is 0 Å². The van der Waals surface area contributed by atoms with Gasteiger partial charge in [-0.05, 0) is 20.8 Å². The monoisotopic (exact) mass is 189 g/mol. The van der Waals surface area contributed by atoms with Crippen molar-refractivity contribution in [3.05, 3.63) is 0 Å². The van der Waals surface area contributed by atoms with E-state index in [0.717, 1.165) is 0 Å². The van der Waals surface area contributed by atoms with Gasteiger partial charge in [-0.3, -0.25) is 0 Å². The lowest BCUT2D eigenvalue weighted by molar-refractivity contribution is 0.237. The minimum atomic E-state index is -0.265. The van der Waals surface area contributed by atoms with Gasteiger partial charge in [-0.25, -0.2) is 4.79 Å². The molecule has 70 valence electrons. The largest absolute Gasteiger partial charge is 0.392 e. The van der Waals surface area contributed by atoms with Crippen LogP contribution in [-0.2, 0) is 0 Å². The Bertz CT molecular complexity index is 181. The van der Waals surface area contributed by atoms with Crippen LogP contribution in [0, 0.1) is 0 Å². The van der Waals surface area contributed by atoms with Gasteiger partial charge in [0, 0.05) is 6.04 Å². The molecule has 0 aromatic rings. The molecule has 0 heterocycles. The van der Waals surface area contributed by atoms with E-state index >= 15 is 0 Å². The number of hydrogen-bond donors (Lipinski definition) is 3. The highest BCUT2D eigenvalue weighted by molar-refractivity contribution is 7.80. The molecule has 0 aromatic carbocycles. The van der Waals surface area contributed by atoms with Crippen LogP contribution in [0.1, 0.15) is 20.8 Å². The van der Waals surface area contributed by atoms with Crippen molar-refractivity contribution in [1.29, 1.82) is 0 Å². The maximum absolute atomic E-state index is 11.0. The standard InChI is InChI=1S/C7H15N3OS/c1-4(2)9-7(11)10-5(3)6(8)12/h4-5H,1-3H3,(H2,8,12)(H2,9,10,11). The van der Waals surface area contributed by atoms with Gasteiger partial charge in [0.25, 0.3) is 0 Å². The first-order chi connectivity index (χ1) is 5.43. The Morgan fingerprint density at radius 1 is 1.33 bits per heavy atom. The van der Waals surface area contributed by atoms with E-state index in [0.29, 0.717) is 0 Å². The van der Waals surface area contributed by atoms with Crippen molar-refractivity contribution >= 4 is 23.2 Å². The second-order valence-corrected chi connectivity index (χ2v) is 3.37. The Morgan fingerprint density at radius 2 is 1.83 bits per heavy atom. The molecule has 0 aromatic heterocycles. The predicted molar refractivity (Wildman–Crippen MR) is 53.1 cm³/mol. The number of carbonyl (C=O) groups excluding carboxylic acids is 1. The first-order valence-electron chi connectivity index (χ1n) is 3.79. The van der Waals surface area contributed by atoms with Crippen LogP contribution >= 0.6 is 12.2 Å². The molecule has 0 saturated carbocycles. The summed E-state index contributed by atoms with van der Waals surface area (Å²) in [7, 11) is 0. The third kappa shape index (κ3) is 4.90. The fourth-order valence-electron chi connectivity index (χ4n) is 0.572. The maximum atomic E-state index is 11.0. The number of carbonyl (C=O) groups is 1. The van der Waals surface area contributed by atoms with Gasteiger partial charge in [0.05, 0.1) is 11.0 Å². The minimum absolute atomic E-state index is 0.114. The maximum Gasteiger partial charge on any atom is 0.315 e. The zero-order chi connectivity index (χ0) is 9.72. The Balaban J connectivity index is 3.77. The molecule has 0 bridgehead atoms. The van der Waals surface area contributed by atoms with Gasteiger partial charge in [0.1, 0.15) is 0 Å². The van der Waals surface area contributed by atoms with Gasteiger partial charge in [0.2, 0.25) is 0 Å². The van der Waals surface area contributed by atoms with Crippen molar-refractivity contribution in [2.45, 2.75) is 32.9 Å². The summed E-state index contributed by atoms with van der Waals surface area (Å²) in [4.78, 5) is 11.3. The summed E-state index contributed by atoms with van der Waals surface area (Å²) in [5.74, 6) is 0. The molecule has 0 spiro atoms. The lowest BCUT2D eigenvalue weighted by Gasteiger charge is -2.14. The summed E-state index contributed by atoms with van der Waals surface area (Å²) in [6.45, 7) is 5.50. The number of urea groups is 1. The SMILES string of the molecule is CC(C)NC(=O)NC(C)C(N)=S. The summed E-state index contributed by atoms with van der Waals surface area (Å²) >= 11 is 4.69. The van der Waals surface area contributed by atoms with E-state index in [1.54, 1.807) is 6.92 Å². The van der Waals surface area contributed by atoms with E-state index in [-0.39, 0.29) is 23.1 Å². The van der Waals surface area contributed by atoms with E-state index in [9.17, 15) is 4.79 Å². The van der Waals surface area contributed by atoms with Crippen molar-refractivity contribution in [1.82, 2.24) is 10.6 Å². The van der Waals surface area contributed by atoms with Gasteiger partial charge >= 0.3 is 6.03 Å². The molecule has 2 amide bonds. The van der Waals surface area contributed by atoms with Crippen molar-refractivity contribution in [3.63, 3.8) is 0 Å². The summed E-state index contributed by atoms with van der Waals surface area (Å²) < 4.78 is 0. The molecule has 0 aliphatic rings. The van der Waals surface area contributed by atoms with Gasteiger partial charge in [-0.15, -0.1) is 0 Å². The van der Waals surface area contributed by atoms with Crippen LogP contribution in [0.4, 0.5) is 4.79 Å². The fraction of sp³-hybridized carbons (Fsp3) is 0.714. The van der Waals surface area contributed by atoms with E-state index < -0.39 is 0 Å². The fourth-order valence-corrected chi connectivity index (χ4v) is 0.631. The molecule has 0 radical (unpaired) electrons.